The van der Waals surface area contributed by atoms with Crippen LogP contribution in [-0.2, 0) is 0 Å². The van der Waals surface area contributed by atoms with Crippen LogP contribution in [0.2, 0.25) is 0 Å². The lowest BCUT2D eigenvalue weighted by molar-refractivity contribution is 0.644. The Balaban J connectivity index is 5.15. The zero-order valence-corrected chi connectivity index (χ0v) is 11.6. The first-order valence-electron chi connectivity index (χ1n) is 6.10. The molecule has 2 N–H and O–H groups in total. The lowest BCUT2D eigenvalue weighted by Crippen LogP contribution is -2.01. The summed E-state index contributed by atoms with van der Waals surface area (Å²) in [6, 6.07) is 0. The van der Waals surface area contributed by atoms with Crippen LogP contribution in [0.4, 0.5) is 4.39 Å². The van der Waals surface area contributed by atoms with Gasteiger partial charge in [0, 0.05) is 0 Å². The van der Waals surface area contributed by atoms with E-state index in [1.807, 2.05) is 26.8 Å². The summed E-state index contributed by atoms with van der Waals surface area (Å²) in [4.78, 5) is 0. The van der Waals surface area contributed by atoms with E-state index in [2.05, 4.69) is 13.0 Å². The van der Waals surface area contributed by atoms with Gasteiger partial charge in [-0.25, -0.2) is 4.39 Å². The monoisotopic (exact) mass is 237 g/mol. The van der Waals surface area contributed by atoms with Crippen molar-refractivity contribution in [2.45, 2.75) is 47.5 Å². The lowest BCUT2D eigenvalue weighted by atomic mass is 10.00. The van der Waals surface area contributed by atoms with Crippen LogP contribution in [0, 0.1) is 0 Å². The third-order valence-electron chi connectivity index (χ3n) is 2.74. The van der Waals surface area contributed by atoms with E-state index < -0.39 is 0 Å². The van der Waals surface area contributed by atoms with Gasteiger partial charge >= 0.3 is 0 Å². The SMILES string of the molecule is C\C=C(CCC)/C(C)=C\C(C)=C(N)/C(F)=C\C. The normalized spacial score (nSPS) is 16.0. The third kappa shape index (κ3) is 5.03. The van der Waals surface area contributed by atoms with E-state index in [1.165, 1.54) is 11.6 Å². The molecule has 0 atom stereocenters. The minimum Gasteiger partial charge on any atom is -0.396 e. The summed E-state index contributed by atoms with van der Waals surface area (Å²) in [5, 5.41) is 0. The van der Waals surface area contributed by atoms with Gasteiger partial charge in [-0.3, -0.25) is 0 Å². The summed E-state index contributed by atoms with van der Waals surface area (Å²) in [5.41, 5.74) is 9.14. The highest BCUT2D eigenvalue weighted by Crippen LogP contribution is 2.19. The molecule has 0 saturated carbocycles. The molecule has 0 aromatic heterocycles. The Hall–Kier alpha value is -1.31. The third-order valence-corrected chi connectivity index (χ3v) is 2.74. The summed E-state index contributed by atoms with van der Waals surface area (Å²) in [6.07, 6.45) is 7.57. The van der Waals surface area contributed by atoms with Crippen molar-refractivity contribution >= 4 is 0 Å². The Morgan fingerprint density at radius 3 is 2.18 bits per heavy atom. The average molecular weight is 237 g/mol. The van der Waals surface area contributed by atoms with Crippen molar-refractivity contribution in [3.8, 4) is 0 Å². The molecular weight excluding hydrogens is 213 g/mol. The van der Waals surface area contributed by atoms with Gasteiger partial charge in [-0.15, -0.1) is 0 Å². The van der Waals surface area contributed by atoms with Gasteiger partial charge in [0.1, 0.15) is 5.83 Å². The molecule has 96 valence electrons. The van der Waals surface area contributed by atoms with E-state index in [9.17, 15) is 4.39 Å². The van der Waals surface area contributed by atoms with Gasteiger partial charge in [0.25, 0.3) is 0 Å². The zero-order chi connectivity index (χ0) is 13.4. The first kappa shape index (κ1) is 15.7. The van der Waals surface area contributed by atoms with E-state index in [1.54, 1.807) is 6.92 Å². The Morgan fingerprint density at radius 2 is 1.76 bits per heavy atom. The second kappa shape index (κ2) is 7.88. The standard InChI is InChI=1S/C15H24FN/c1-6-9-13(7-2)11(4)10-12(5)15(17)14(16)8-3/h7-8,10H,6,9,17H2,1-5H3/b11-10-,13-7-,14-8+,15-12+. The van der Waals surface area contributed by atoms with Crippen LogP contribution in [0.15, 0.2) is 46.5 Å². The number of allylic oxidation sites excluding steroid dienone is 7. The molecule has 0 saturated heterocycles. The summed E-state index contributed by atoms with van der Waals surface area (Å²) in [6.45, 7) is 9.68. The topological polar surface area (TPSA) is 26.0 Å². The number of hydrogen-bond acceptors (Lipinski definition) is 1. The molecule has 0 amide bonds. The molecule has 0 unspecified atom stereocenters. The van der Waals surface area contributed by atoms with E-state index in [4.69, 9.17) is 5.73 Å². The predicted octanol–water partition coefficient (Wildman–Crippen LogP) is 4.79. The van der Waals surface area contributed by atoms with E-state index in [0.717, 1.165) is 24.0 Å². The summed E-state index contributed by atoms with van der Waals surface area (Å²) in [5.74, 6) is -0.357. The van der Waals surface area contributed by atoms with Gasteiger partial charge in [0.15, 0.2) is 0 Å². The maximum Gasteiger partial charge on any atom is 0.142 e. The van der Waals surface area contributed by atoms with Crippen LogP contribution >= 0.6 is 0 Å². The van der Waals surface area contributed by atoms with Crippen LogP contribution in [0.5, 0.6) is 0 Å². The first-order valence-corrected chi connectivity index (χ1v) is 6.10. The minimum atomic E-state index is -0.357. The highest BCUT2D eigenvalue weighted by atomic mass is 19.1. The minimum absolute atomic E-state index is 0.221. The zero-order valence-electron chi connectivity index (χ0n) is 11.6. The smallest absolute Gasteiger partial charge is 0.142 e. The van der Waals surface area contributed by atoms with Gasteiger partial charge in [-0.05, 0) is 56.9 Å². The molecule has 0 heterocycles. The molecule has 0 bridgehead atoms. The van der Waals surface area contributed by atoms with Gasteiger partial charge in [-0.2, -0.15) is 0 Å². The molecule has 17 heavy (non-hydrogen) atoms. The van der Waals surface area contributed by atoms with Crippen LogP contribution in [0.25, 0.3) is 0 Å². The number of nitrogens with two attached hydrogens (primary N) is 1. The Bertz CT molecular complexity index is 370. The molecule has 0 aromatic rings. The number of halogens is 1. The summed E-state index contributed by atoms with van der Waals surface area (Å²) < 4.78 is 13.3. The Kier molecular flexibility index (Phi) is 7.27. The van der Waals surface area contributed by atoms with Crippen molar-refractivity contribution in [2.75, 3.05) is 0 Å². The van der Waals surface area contributed by atoms with Crippen molar-refractivity contribution in [3.63, 3.8) is 0 Å². The molecule has 0 fully saturated rings. The van der Waals surface area contributed by atoms with Crippen LogP contribution in [-0.4, -0.2) is 0 Å². The quantitative estimate of drug-likeness (QED) is 0.684. The second-order valence-corrected chi connectivity index (χ2v) is 4.12. The van der Waals surface area contributed by atoms with Crippen molar-refractivity contribution < 1.29 is 4.39 Å². The molecule has 0 aliphatic carbocycles. The molecule has 0 aliphatic rings. The number of hydrogen-bond donors (Lipinski definition) is 1. The fourth-order valence-electron chi connectivity index (χ4n) is 1.68. The Morgan fingerprint density at radius 1 is 1.18 bits per heavy atom. The van der Waals surface area contributed by atoms with Crippen molar-refractivity contribution in [1.29, 1.82) is 0 Å². The molecule has 0 radical (unpaired) electrons. The van der Waals surface area contributed by atoms with Crippen molar-refractivity contribution in [1.82, 2.24) is 0 Å². The van der Waals surface area contributed by atoms with Gasteiger partial charge in [-0.1, -0.05) is 25.5 Å². The molecule has 2 heteroatoms. The van der Waals surface area contributed by atoms with Crippen molar-refractivity contribution in [3.05, 3.63) is 46.5 Å². The number of rotatable bonds is 5. The van der Waals surface area contributed by atoms with E-state index >= 15 is 0 Å². The van der Waals surface area contributed by atoms with Crippen LogP contribution in [0.1, 0.15) is 47.5 Å². The van der Waals surface area contributed by atoms with Crippen molar-refractivity contribution in [2.24, 2.45) is 5.73 Å². The summed E-state index contributed by atoms with van der Waals surface area (Å²) >= 11 is 0. The van der Waals surface area contributed by atoms with Gasteiger partial charge in [0.05, 0.1) is 5.70 Å². The maximum atomic E-state index is 13.3. The average Bonchev–Trinajstić information content (AvgIpc) is 2.33. The van der Waals surface area contributed by atoms with Gasteiger partial charge < -0.3 is 5.73 Å². The molecular formula is C15H24FN. The highest BCUT2D eigenvalue weighted by molar-refractivity contribution is 5.40. The molecule has 1 nitrogen and oxygen atoms in total. The highest BCUT2D eigenvalue weighted by Gasteiger charge is 2.03. The van der Waals surface area contributed by atoms with Crippen LogP contribution in [0.3, 0.4) is 0 Å². The van der Waals surface area contributed by atoms with E-state index in [-0.39, 0.29) is 11.5 Å². The first-order chi connectivity index (χ1) is 7.97. The fraction of sp³-hybridized carbons (Fsp3) is 0.467. The molecule has 0 rings (SSSR count). The maximum absolute atomic E-state index is 13.3. The van der Waals surface area contributed by atoms with E-state index in [0.29, 0.717) is 0 Å². The van der Waals surface area contributed by atoms with Crippen LogP contribution < -0.4 is 5.73 Å². The van der Waals surface area contributed by atoms with Gasteiger partial charge in [0.2, 0.25) is 0 Å². The predicted molar refractivity (Wildman–Crippen MR) is 74.2 cm³/mol. The largest absolute Gasteiger partial charge is 0.396 e. The Labute approximate surface area is 105 Å². The second-order valence-electron chi connectivity index (χ2n) is 4.12. The molecule has 0 spiro atoms. The fourth-order valence-corrected chi connectivity index (χ4v) is 1.68. The molecule has 0 aromatic carbocycles. The summed E-state index contributed by atoms with van der Waals surface area (Å²) in [7, 11) is 0. The molecule has 0 aliphatic heterocycles. The lowest BCUT2D eigenvalue weighted by Gasteiger charge is -2.08.